The van der Waals surface area contributed by atoms with Gasteiger partial charge in [0, 0.05) is 6.42 Å². The van der Waals surface area contributed by atoms with Crippen LogP contribution >= 0.6 is 0 Å². The molecule has 19 heteroatoms. The van der Waals surface area contributed by atoms with Gasteiger partial charge in [-0.25, -0.2) is 0 Å². The van der Waals surface area contributed by atoms with Crippen molar-refractivity contribution in [1.29, 1.82) is 0 Å². The predicted molar refractivity (Wildman–Crippen MR) is 379 cm³/mol. The van der Waals surface area contributed by atoms with E-state index in [0.717, 1.165) is 64.2 Å². The van der Waals surface area contributed by atoms with Gasteiger partial charge in [0.25, 0.3) is 0 Å². The summed E-state index contributed by atoms with van der Waals surface area (Å²) in [6, 6.07) is -0.977. The Morgan fingerprint density at radius 2 is 0.688 bits per heavy atom. The van der Waals surface area contributed by atoms with Crippen molar-refractivity contribution in [2.24, 2.45) is 0 Å². The lowest BCUT2D eigenvalue weighted by atomic mass is 9.96. The zero-order valence-electron chi connectivity index (χ0n) is 60.1. The highest BCUT2D eigenvalue weighted by atomic mass is 16.8. The number of nitrogens with one attached hydrogen (secondary N) is 1. The molecule has 3 heterocycles. The number of ether oxygens (including phenoxy) is 6. The molecular formula is C77H143NO18. The second-order valence-electron chi connectivity index (χ2n) is 28.2. The molecule has 0 bridgehead atoms. The van der Waals surface area contributed by atoms with Crippen LogP contribution in [0.2, 0.25) is 0 Å². The summed E-state index contributed by atoms with van der Waals surface area (Å²) in [4.78, 5) is 13.4. The minimum Gasteiger partial charge on any atom is -0.394 e. The van der Waals surface area contributed by atoms with Crippen LogP contribution in [0.1, 0.15) is 316 Å². The summed E-state index contributed by atoms with van der Waals surface area (Å²) >= 11 is 0. The van der Waals surface area contributed by atoms with Crippen molar-refractivity contribution in [1.82, 2.24) is 5.32 Å². The first-order valence-corrected chi connectivity index (χ1v) is 39.2. The van der Waals surface area contributed by atoms with Gasteiger partial charge in [0.1, 0.15) is 73.2 Å². The molecule has 3 aliphatic heterocycles. The van der Waals surface area contributed by atoms with Crippen LogP contribution in [0.5, 0.6) is 0 Å². The SMILES string of the molecule is CCCCC/C=C\C/C=C\CCCCCCCCCCCC(=O)NC(COC1OC(CO)C(OC2OC(CO)C(OC3OC(CO)C(O)C(O)C3O)C(O)C2O)C(O)C1O)C(O)/C=C/CCCCCCCCCCCCCCCCCCCCCCCCCCCCCCCC. The Kier molecular flexibility index (Phi) is 53.8. The highest BCUT2D eigenvalue weighted by molar-refractivity contribution is 5.76. The highest BCUT2D eigenvalue weighted by Gasteiger charge is 2.53. The van der Waals surface area contributed by atoms with E-state index in [0.29, 0.717) is 6.42 Å². The third kappa shape index (κ3) is 38.9. The molecular weight excluding hydrogens is 1230 g/mol. The van der Waals surface area contributed by atoms with Gasteiger partial charge in [-0.3, -0.25) is 4.79 Å². The van der Waals surface area contributed by atoms with E-state index in [1.54, 1.807) is 6.08 Å². The smallest absolute Gasteiger partial charge is 0.220 e. The van der Waals surface area contributed by atoms with Crippen LogP contribution in [0.15, 0.2) is 36.5 Å². The topological polar surface area (TPSA) is 307 Å². The van der Waals surface area contributed by atoms with Crippen molar-refractivity contribution in [2.75, 3.05) is 26.4 Å². The number of hydrogen-bond donors (Lipinski definition) is 12. The Labute approximate surface area is 581 Å². The summed E-state index contributed by atoms with van der Waals surface area (Å²) in [5.74, 6) is -0.277. The zero-order valence-corrected chi connectivity index (χ0v) is 60.1. The summed E-state index contributed by atoms with van der Waals surface area (Å²) in [6.07, 6.45) is 44.2. The molecule has 0 radical (unpaired) electrons. The standard InChI is InChI=1S/C77H143NO18/c1-3-5-7-9-11-13-15-17-19-21-23-24-25-26-27-28-29-30-31-32-33-34-35-37-38-40-42-44-46-48-50-52-54-61(82)60(78-65(83)55-53-51-49-47-45-43-41-39-36-22-20-18-16-14-12-10-8-6-4-2)59-91-75-71(89)68(86)73(63(57-80)93-75)96-77-72(90)69(87)74(64(58-81)94-77)95-76-70(88)67(85)66(84)62(56-79)92-76/h12,14,18,20,52,54,60-64,66-77,79-82,84-90H,3-11,13,15-17,19,21-51,53,55-59H2,1-2H3,(H,78,83)/b14-12-,20-18-,54-52+. The lowest BCUT2D eigenvalue weighted by molar-refractivity contribution is -0.379. The van der Waals surface area contributed by atoms with Gasteiger partial charge < -0.3 is 89.9 Å². The summed E-state index contributed by atoms with van der Waals surface area (Å²) in [6.45, 7) is 1.75. The van der Waals surface area contributed by atoms with E-state index in [9.17, 15) is 61.0 Å². The molecule has 0 aromatic carbocycles. The minimum atomic E-state index is -1.98. The Hall–Kier alpha value is -1.99. The van der Waals surface area contributed by atoms with E-state index < -0.39 is 124 Å². The number of aliphatic hydroxyl groups is 11. The monoisotopic (exact) mass is 1370 g/mol. The molecule has 12 N–H and O–H groups in total. The Morgan fingerprint density at radius 3 is 1.08 bits per heavy atom. The van der Waals surface area contributed by atoms with Crippen molar-refractivity contribution in [3.8, 4) is 0 Å². The molecule has 0 aliphatic carbocycles. The lowest BCUT2D eigenvalue weighted by Crippen LogP contribution is -2.66. The summed E-state index contributed by atoms with van der Waals surface area (Å²) in [5, 5.41) is 121. The quantitative estimate of drug-likeness (QED) is 0.0199. The number of aliphatic hydroxyl groups excluding tert-OH is 11. The molecule has 1 amide bonds. The van der Waals surface area contributed by atoms with Gasteiger partial charge in [0.05, 0.1) is 38.6 Å². The molecule has 0 spiro atoms. The zero-order chi connectivity index (χ0) is 69.6. The van der Waals surface area contributed by atoms with Crippen molar-refractivity contribution in [3.05, 3.63) is 36.5 Å². The van der Waals surface area contributed by atoms with Gasteiger partial charge in [-0.15, -0.1) is 0 Å². The average Bonchev–Trinajstić information content (AvgIpc) is 0.798. The maximum absolute atomic E-state index is 13.4. The Morgan fingerprint density at radius 1 is 0.375 bits per heavy atom. The van der Waals surface area contributed by atoms with Gasteiger partial charge in [-0.1, -0.05) is 294 Å². The molecule has 96 heavy (non-hydrogen) atoms. The molecule has 3 fully saturated rings. The number of rotatable bonds is 62. The third-order valence-corrected chi connectivity index (χ3v) is 19.7. The lowest BCUT2D eigenvalue weighted by Gasteiger charge is -2.48. The minimum absolute atomic E-state index is 0.239. The van der Waals surface area contributed by atoms with E-state index in [1.165, 1.54) is 225 Å². The van der Waals surface area contributed by atoms with Crippen LogP contribution in [0.4, 0.5) is 0 Å². The number of carbonyl (C=O) groups excluding carboxylic acids is 1. The molecule has 3 aliphatic rings. The molecule has 19 nitrogen and oxygen atoms in total. The van der Waals surface area contributed by atoms with Crippen LogP contribution in [0.25, 0.3) is 0 Å². The first-order chi connectivity index (χ1) is 46.8. The molecule has 564 valence electrons. The average molecular weight is 1370 g/mol. The van der Waals surface area contributed by atoms with E-state index in [2.05, 4.69) is 43.5 Å². The second kappa shape index (κ2) is 58.5. The van der Waals surface area contributed by atoms with Gasteiger partial charge in [0.2, 0.25) is 5.91 Å². The molecule has 3 saturated heterocycles. The van der Waals surface area contributed by atoms with Gasteiger partial charge in [-0.05, 0) is 51.4 Å². The number of unbranched alkanes of at least 4 members (excludes halogenated alkanes) is 42. The maximum atomic E-state index is 13.4. The highest BCUT2D eigenvalue weighted by Crippen LogP contribution is 2.33. The Bertz CT molecular complexity index is 1880. The first-order valence-electron chi connectivity index (χ1n) is 39.2. The maximum Gasteiger partial charge on any atom is 0.220 e. The fraction of sp³-hybridized carbons (Fsp3) is 0.909. The predicted octanol–water partition coefficient (Wildman–Crippen LogP) is 12.3. The Balaban J connectivity index is 1.37. The molecule has 17 atom stereocenters. The van der Waals surface area contributed by atoms with Gasteiger partial charge in [-0.2, -0.15) is 0 Å². The van der Waals surface area contributed by atoms with Crippen LogP contribution in [0, 0.1) is 0 Å². The fourth-order valence-corrected chi connectivity index (χ4v) is 13.3. The van der Waals surface area contributed by atoms with Crippen molar-refractivity contribution in [2.45, 2.75) is 420 Å². The van der Waals surface area contributed by atoms with Crippen molar-refractivity contribution >= 4 is 5.91 Å². The van der Waals surface area contributed by atoms with E-state index in [4.69, 9.17) is 28.4 Å². The van der Waals surface area contributed by atoms with Crippen LogP contribution in [-0.2, 0) is 33.2 Å². The first kappa shape index (κ1) is 88.2. The summed E-state index contributed by atoms with van der Waals surface area (Å²) < 4.78 is 34.4. The molecule has 17 unspecified atom stereocenters. The van der Waals surface area contributed by atoms with E-state index in [1.807, 2.05) is 6.08 Å². The summed E-state index contributed by atoms with van der Waals surface area (Å²) in [7, 11) is 0. The van der Waals surface area contributed by atoms with Gasteiger partial charge in [0.15, 0.2) is 18.9 Å². The largest absolute Gasteiger partial charge is 0.394 e. The van der Waals surface area contributed by atoms with Crippen LogP contribution < -0.4 is 5.32 Å². The van der Waals surface area contributed by atoms with Gasteiger partial charge >= 0.3 is 0 Å². The fourth-order valence-electron chi connectivity index (χ4n) is 13.3. The van der Waals surface area contributed by atoms with E-state index in [-0.39, 0.29) is 18.9 Å². The van der Waals surface area contributed by atoms with E-state index >= 15 is 0 Å². The normalized spacial score (nSPS) is 27.2. The molecule has 0 aromatic rings. The number of carbonyl (C=O) groups is 1. The van der Waals surface area contributed by atoms with Crippen LogP contribution in [-0.4, -0.2) is 193 Å². The summed E-state index contributed by atoms with van der Waals surface area (Å²) in [5.41, 5.74) is 0. The molecule has 0 saturated carbocycles. The van der Waals surface area contributed by atoms with Crippen LogP contribution in [0.3, 0.4) is 0 Å². The molecule has 3 rings (SSSR count). The van der Waals surface area contributed by atoms with Crippen molar-refractivity contribution in [3.63, 3.8) is 0 Å². The second-order valence-corrected chi connectivity index (χ2v) is 28.2. The number of allylic oxidation sites excluding steroid dienone is 5. The number of hydrogen-bond acceptors (Lipinski definition) is 18. The van der Waals surface area contributed by atoms with Crippen molar-refractivity contribution < 1.29 is 89.4 Å². The third-order valence-electron chi connectivity index (χ3n) is 19.7. The number of amides is 1. The molecule has 0 aromatic heterocycles.